The summed E-state index contributed by atoms with van der Waals surface area (Å²) in [4.78, 5) is 4.12. The highest BCUT2D eigenvalue weighted by molar-refractivity contribution is 7.98. The lowest BCUT2D eigenvalue weighted by atomic mass is 10.1. The van der Waals surface area contributed by atoms with Gasteiger partial charge in [-0.25, -0.2) is 0 Å². The predicted octanol–water partition coefficient (Wildman–Crippen LogP) is 4.15. The number of thioether (sulfide) groups is 1. The Morgan fingerprint density at radius 1 is 1.15 bits per heavy atom. The molecule has 0 spiro atoms. The molecule has 0 saturated carbocycles. The van der Waals surface area contributed by atoms with Crippen LogP contribution in [0.3, 0.4) is 0 Å². The quantitative estimate of drug-likeness (QED) is 0.566. The highest BCUT2D eigenvalue weighted by atomic mass is 32.2. The molecular formula is C16H23N3S. The number of unbranched alkanes of at least 4 members (excludes halogenated alkanes) is 3. The maximum atomic E-state index is 6.21. The van der Waals surface area contributed by atoms with Crippen LogP contribution in [0.2, 0.25) is 0 Å². The third-order valence-electron chi connectivity index (χ3n) is 3.45. The van der Waals surface area contributed by atoms with E-state index in [1.165, 1.54) is 31.4 Å². The van der Waals surface area contributed by atoms with Crippen molar-refractivity contribution in [2.75, 3.05) is 29.6 Å². The van der Waals surface area contributed by atoms with Gasteiger partial charge in [-0.05, 0) is 37.0 Å². The normalized spacial score (nSPS) is 10.8. The average molecular weight is 289 g/mol. The number of rotatable bonds is 8. The van der Waals surface area contributed by atoms with Crippen molar-refractivity contribution < 1.29 is 0 Å². The fraction of sp³-hybridized carbons (Fsp3) is 0.438. The average Bonchev–Trinajstić information content (AvgIpc) is 2.49. The van der Waals surface area contributed by atoms with E-state index in [2.05, 4.69) is 22.6 Å². The van der Waals surface area contributed by atoms with Gasteiger partial charge in [-0.15, -0.1) is 0 Å². The standard InChI is InChI=1S/C16H23N3S/c1-20-11-5-3-2-4-9-19-15-7-6-13-12-18-10-8-14(13)16(15)17/h6-8,10,12,19H,2-5,9,11,17H2,1H3. The highest BCUT2D eigenvalue weighted by Gasteiger charge is 2.03. The zero-order valence-corrected chi connectivity index (χ0v) is 12.9. The molecule has 108 valence electrons. The van der Waals surface area contributed by atoms with Crippen LogP contribution in [0.1, 0.15) is 25.7 Å². The SMILES string of the molecule is CSCCCCCCNc1ccc2cnccc2c1N. The molecule has 0 aliphatic carbocycles. The number of nitrogens with two attached hydrogens (primary N) is 1. The minimum absolute atomic E-state index is 0.826. The molecule has 3 nitrogen and oxygen atoms in total. The summed E-state index contributed by atoms with van der Waals surface area (Å²) in [5.74, 6) is 1.28. The Bertz CT molecular complexity index is 542. The van der Waals surface area contributed by atoms with Crippen molar-refractivity contribution in [3.8, 4) is 0 Å². The Kier molecular flexibility index (Phi) is 5.99. The lowest BCUT2D eigenvalue weighted by molar-refractivity contribution is 0.689. The van der Waals surface area contributed by atoms with Gasteiger partial charge in [-0.3, -0.25) is 4.98 Å². The second kappa shape index (κ2) is 8.00. The second-order valence-corrected chi connectivity index (χ2v) is 5.94. The first-order valence-electron chi connectivity index (χ1n) is 7.18. The van der Waals surface area contributed by atoms with Crippen molar-refractivity contribution in [1.29, 1.82) is 0 Å². The molecule has 2 aromatic rings. The number of benzene rings is 1. The third-order valence-corrected chi connectivity index (χ3v) is 4.15. The topological polar surface area (TPSA) is 50.9 Å². The summed E-state index contributed by atoms with van der Waals surface area (Å²) < 4.78 is 0. The van der Waals surface area contributed by atoms with E-state index in [1.54, 1.807) is 6.20 Å². The van der Waals surface area contributed by atoms with Crippen LogP contribution in [-0.2, 0) is 0 Å². The highest BCUT2D eigenvalue weighted by Crippen LogP contribution is 2.27. The smallest absolute Gasteiger partial charge is 0.0630 e. The minimum atomic E-state index is 0.826. The maximum absolute atomic E-state index is 6.21. The third kappa shape index (κ3) is 4.04. The van der Waals surface area contributed by atoms with E-state index in [1.807, 2.05) is 30.1 Å². The summed E-state index contributed by atoms with van der Waals surface area (Å²) in [6.07, 6.45) is 10.9. The molecule has 0 bridgehead atoms. The number of nitrogen functional groups attached to an aromatic ring is 1. The number of hydrogen-bond donors (Lipinski definition) is 2. The first kappa shape index (κ1) is 15.0. The van der Waals surface area contributed by atoms with Crippen LogP contribution in [0.5, 0.6) is 0 Å². The van der Waals surface area contributed by atoms with E-state index in [0.717, 1.165) is 28.7 Å². The number of anilines is 2. The fourth-order valence-corrected chi connectivity index (χ4v) is 2.79. The van der Waals surface area contributed by atoms with E-state index in [0.29, 0.717) is 0 Å². The van der Waals surface area contributed by atoms with E-state index in [9.17, 15) is 0 Å². The Hall–Kier alpha value is -1.42. The Morgan fingerprint density at radius 3 is 2.85 bits per heavy atom. The zero-order chi connectivity index (χ0) is 14.2. The lowest BCUT2D eigenvalue weighted by Gasteiger charge is -2.11. The molecule has 0 aliphatic rings. The maximum Gasteiger partial charge on any atom is 0.0630 e. The van der Waals surface area contributed by atoms with Crippen LogP contribution in [-0.4, -0.2) is 23.5 Å². The molecule has 0 saturated heterocycles. The zero-order valence-electron chi connectivity index (χ0n) is 12.1. The molecule has 0 atom stereocenters. The van der Waals surface area contributed by atoms with Crippen LogP contribution < -0.4 is 11.1 Å². The van der Waals surface area contributed by atoms with Crippen LogP contribution in [0.25, 0.3) is 10.8 Å². The molecule has 0 radical (unpaired) electrons. The number of fused-ring (bicyclic) bond motifs is 1. The van der Waals surface area contributed by atoms with Gasteiger partial charge < -0.3 is 11.1 Å². The molecule has 0 fully saturated rings. The molecule has 4 heteroatoms. The minimum Gasteiger partial charge on any atom is -0.397 e. The molecule has 0 unspecified atom stereocenters. The van der Waals surface area contributed by atoms with Gasteiger partial charge in [-0.1, -0.05) is 18.9 Å². The molecule has 3 N–H and O–H groups in total. The summed E-state index contributed by atoms with van der Waals surface area (Å²) in [7, 11) is 0. The Balaban J connectivity index is 1.83. The molecule has 0 aliphatic heterocycles. The van der Waals surface area contributed by atoms with Crippen molar-refractivity contribution in [1.82, 2.24) is 4.98 Å². The Labute approximate surface area is 125 Å². The van der Waals surface area contributed by atoms with Gasteiger partial charge in [0.1, 0.15) is 0 Å². The van der Waals surface area contributed by atoms with Gasteiger partial charge in [0.05, 0.1) is 11.4 Å². The molecule has 20 heavy (non-hydrogen) atoms. The molecule has 1 heterocycles. The molecule has 1 aromatic heterocycles. The largest absolute Gasteiger partial charge is 0.397 e. The van der Waals surface area contributed by atoms with Gasteiger partial charge >= 0.3 is 0 Å². The van der Waals surface area contributed by atoms with Crippen molar-refractivity contribution in [2.45, 2.75) is 25.7 Å². The fourth-order valence-electron chi connectivity index (χ4n) is 2.29. The first-order valence-corrected chi connectivity index (χ1v) is 8.57. The van der Waals surface area contributed by atoms with Crippen LogP contribution in [0.4, 0.5) is 11.4 Å². The number of nitrogens with one attached hydrogen (secondary N) is 1. The van der Waals surface area contributed by atoms with Crippen LogP contribution >= 0.6 is 11.8 Å². The van der Waals surface area contributed by atoms with Gasteiger partial charge in [0.25, 0.3) is 0 Å². The summed E-state index contributed by atoms with van der Waals surface area (Å²) in [5, 5.41) is 5.61. The summed E-state index contributed by atoms with van der Waals surface area (Å²) in [5.41, 5.74) is 8.07. The number of aromatic nitrogens is 1. The van der Waals surface area contributed by atoms with Crippen LogP contribution in [0, 0.1) is 0 Å². The van der Waals surface area contributed by atoms with Crippen molar-refractivity contribution in [2.24, 2.45) is 0 Å². The lowest BCUT2D eigenvalue weighted by Crippen LogP contribution is -2.04. The van der Waals surface area contributed by atoms with Crippen molar-refractivity contribution >= 4 is 33.9 Å². The summed E-state index contributed by atoms with van der Waals surface area (Å²) in [6, 6.07) is 6.09. The van der Waals surface area contributed by atoms with Gasteiger partial charge in [0.15, 0.2) is 0 Å². The van der Waals surface area contributed by atoms with Gasteiger partial charge in [0, 0.05) is 29.7 Å². The van der Waals surface area contributed by atoms with Crippen LogP contribution in [0.15, 0.2) is 30.6 Å². The number of nitrogens with zero attached hydrogens (tertiary/aromatic N) is 1. The van der Waals surface area contributed by atoms with E-state index in [-0.39, 0.29) is 0 Å². The van der Waals surface area contributed by atoms with E-state index >= 15 is 0 Å². The first-order chi connectivity index (χ1) is 9.83. The van der Waals surface area contributed by atoms with Gasteiger partial charge in [-0.2, -0.15) is 11.8 Å². The molecular weight excluding hydrogens is 266 g/mol. The monoisotopic (exact) mass is 289 g/mol. The van der Waals surface area contributed by atoms with E-state index in [4.69, 9.17) is 5.73 Å². The summed E-state index contributed by atoms with van der Waals surface area (Å²) >= 11 is 1.93. The van der Waals surface area contributed by atoms with E-state index < -0.39 is 0 Å². The Morgan fingerprint density at radius 2 is 2.00 bits per heavy atom. The van der Waals surface area contributed by atoms with Crippen molar-refractivity contribution in [3.63, 3.8) is 0 Å². The molecule has 2 rings (SSSR count). The van der Waals surface area contributed by atoms with Gasteiger partial charge in [0.2, 0.25) is 0 Å². The number of pyridine rings is 1. The molecule has 1 aromatic carbocycles. The molecule has 0 amide bonds. The summed E-state index contributed by atoms with van der Waals surface area (Å²) in [6.45, 7) is 0.986. The predicted molar refractivity (Wildman–Crippen MR) is 91.5 cm³/mol. The second-order valence-electron chi connectivity index (χ2n) is 4.96. The van der Waals surface area contributed by atoms with Crippen molar-refractivity contribution in [3.05, 3.63) is 30.6 Å². The number of hydrogen-bond acceptors (Lipinski definition) is 4.